The summed E-state index contributed by atoms with van der Waals surface area (Å²) >= 11 is 5.33. The summed E-state index contributed by atoms with van der Waals surface area (Å²) in [6, 6.07) is 2.48. The summed E-state index contributed by atoms with van der Waals surface area (Å²) in [4.78, 5) is 1.35. The molecule has 1 aromatic rings. The summed E-state index contributed by atoms with van der Waals surface area (Å²) in [5, 5.41) is 5.59. The van der Waals surface area contributed by atoms with E-state index in [2.05, 4.69) is 39.6 Å². The lowest BCUT2D eigenvalue weighted by Crippen LogP contribution is -2.20. The van der Waals surface area contributed by atoms with Gasteiger partial charge in [0.15, 0.2) is 0 Å². The highest BCUT2D eigenvalue weighted by atomic mass is 79.9. The van der Waals surface area contributed by atoms with Crippen LogP contribution in [0.2, 0.25) is 0 Å². The molecule has 0 bridgehead atoms. The zero-order valence-electron chi connectivity index (χ0n) is 10.4. The van der Waals surface area contributed by atoms with Gasteiger partial charge in [0, 0.05) is 29.1 Å². The van der Waals surface area contributed by atoms with Crippen molar-refractivity contribution in [1.29, 1.82) is 0 Å². The van der Waals surface area contributed by atoms with Crippen LogP contribution in [-0.4, -0.2) is 33.5 Å². The maximum Gasteiger partial charge on any atom is 0.0700 e. The molecule has 0 radical (unpaired) electrons. The average Bonchev–Trinajstić information content (AvgIpc) is 2.74. The van der Waals surface area contributed by atoms with E-state index in [4.69, 9.17) is 9.47 Å². The average molecular weight is 322 g/mol. The fourth-order valence-corrected chi connectivity index (χ4v) is 3.19. The standard InChI is InChI=1S/C12H20BrNO2S/c1-10(12-11(13)4-9-17-12)14-5-3-6-16-8-7-15-2/h4,9-10,14H,3,5-8H2,1-2H3. The molecule has 0 fully saturated rings. The van der Waals surface area contributed by atoms with E-state index in [9.17, 15) is 0 Å². The van der Waals surface area contributed by atoms with Gasteiger partial charge in [-0.05, 0) is 47.3 Å². The number of hydrogen-bond acceptors (Lipinski definition) is 4. The Morgan fingerprint density at radius 3 is 2.88 bits per heavy atom. The lowest BCUT2D eigenvalue weighted by molar-refractivity contribution is 0.0693. The number of halogens is 1. The second-order valence-corrected chi connectivity index (χ2v) is 5.57. The van der Waals surface area contributed by atoms with Crippen molar-refractivity contribution in [2.45, 2.75) is 19.4 Å². The van der Waals surface area contributed by atoms with Crippen molar-refractivity contribution >= 4 is 27.3 Å². The van der Waals surface area contributed by atoms with E-state index in [0.29, 0.717) is 19.3 Å². The minimum atomic E-state index is 0.392. The third kappa shape index (κ3) is 5.97. The van der Waals surface area contributed by atoms with E-state index in [0.717, 1.165) is 19.6 Å². The Morgan fingerprint density at radius 1 is 1.41 bits per heavy atom. The molecule has 0 aliphatic rings. The van der Waals surface area contributed by atoms with Crippen molar-refractivity contribution in [2.75, 3.05) is 33.5 Å². The lowest BCUT2D eigenvalue weighted by atomic mass is 10.2. The molecule has 3 nitrogen and oxygen atoms in total. The molecule has 0 aliphatic carbocycles. The second-order valence-electron chi connectivity index (χ2n) is 3.77. The third-order valence-electron chi connectivity index (χ3n) is 2.39. The normalized spacial score (nSPS) is 12.9. The summed E-state index contributed by atoms with van der Waals surface area (Å²) in [5.41, 5.74) is 0. The molecule has 0 amide bonds. The topological polar surface area (TPSA) is 30.5 Å². The van der Waals surface area contributed by atoms with Crippen molar-refractivity contribution in [3.8, 4) is 0 Å². The zero-order valence-corrected chi connectivity index (χ0v) is 12.8. The van der Waals surface area contributed by atoms with Crippen molar-refractivity contribution in [2.24, 2.45) is 0 Å². The van der Waals surface area contributed by atoms with Gasteiger partial charge in [-0.3, -0.25) is 0 Å². The predicted octanol–water partition coefficient (Wildman–Crippen LogP) is 3.21. The zero-order chi connectivity index (χ0) is 12.5. The summed E-state index contributed by atoms with van der Waals surface area (Å²) in [7, 11) is 1.69. The summed E-state index contributed by atoms with van der Waals surface area (Å²) in [5.74, 6) is 0. The van der Waals surface area contributed by atoms with E-state index >= 15 is 0 Å². The molecule has 5 heteroatoms. The molecule has 1 unspecified atom stereocenters. The van der Waals surface area contributed by atoms with Gasteiger partial charge in [-0.2, -0.15) is 0 Å². The van der Waals surface area contributed by atoms with Crippen LogP contribution >= 0.6 is 27.3 Å². The van der Waals surface area contributed by atoms with Crippen LogP contribution in [-0.2, 0) is 9.47 Å². The molecule has 0 spiro atoms. The van der Waals surface area contributed by atoms with Crippen molar-refractivity contribution in [3.05, 3.63) is 20.8 Å². The largest absolute Gasteiger partial charge is 0.382 e. The molecule has 1 rings (SSSR count). The first-order valence-corrected chi connectivity index (χ1v) is 7.46. The van der Waals surface area contributed by atoms with E-state index in [1.54, 1.807) is 18.4 Å². The maximum atomic E-state index is 5.40. The Kier molecular flexibility index (Phi) is 8.05. The van der Waals surface area contributed by atoms with E-state index in [1.165, 1.54) is 9.35 Å². The highest BCUT2D eigenvalue weighted by molar-refractivity contribution is 9.10. The van der Waals surface area contributed by atoms with Gasteiger partial charge in [0.25, 0.3) is 0 Å². The fraction of sp³-hybridized carbons (Fsp3) is 0.667. The van der Waals surface area contributed by atoms with Gasteiger partial charge in [-0.15, -0.1) is 11.3 Å². The first-order chi connectivity index (χ1) is 8.25. The SMILES string of the molecule is COCCOCCCNC(C)c1sccc1Br. The molecule has 1 aromatic heterocycles. The van der Waals surface area contributed by atoms with Gasteiger partial charge < -0.3 is 14.8 Å². The van der Waals surface area contributed by atoms with Crippen LogP contribution in [0.15, 0.2) is 15.9 Å². The molecule has 0 aromatic carbocycles. The summed E-state index contributed by atoms with van der Waals surface area (Å²) in [6.45, 7) is 5.30. The van der Waals surface area contributed by atoms with Crippen molar-refractivity contribution in [3.63, 3.8) is 0 Å². The molecule has 17 heavy (non-hydrogen) atoms. The maximum absolute atomic E-state index is 5.40. The predicted molar refractivity (Wildman–Crippen MR) is 75.7 cm³/mol. The third-order valence-corrected chi connectivity index (χ3v) is 4.44. The summed E-state index contributed by atoms with van der Waals surface area (Å²) in [6.07, 6.45) is 1.02. The van der Waals surface area contributed by atoms with Crippen LogP contribution in [0.25, 0.3) is 0 Å². The molecular formula is C12H20BrNO2S. The number of rotatable bonds is 9. The van der Waals surface area contributed by atoms with Crippen LogP contribution in [0, 0.1) is 0 Å². The quantitative estimate of drug-likeness (QED) is 0.708. The van der Waals surface area contributed by atoms with Crippen LogP contribution in [0.5, 0.6) is 0 Å². The smallest absolute Gasteiger partial charge is 0.0700 e. The van der Waals surface area contributed by atoms with Gasteiger partial charge in [-0.25, -0.2) is 0 Å². The Balaban J connectivity index is 2.05. The van der Waals surface area contributed by atoms with Crippen molar-refractivity contribution < 1.29 is 9.47 Å². The molecule has 1 heterocycles. The molecule has 0 saturated heterocycles. The number of nitrogens with one attached hydrogen (secondary N) is 1. The minimum absolute atomic E-state index is 0.392. The van der Waals surface area contributed by atoms with Gasteiger partial charge >= 0.3 is 0 Å². The van der Waals surface area contributed by atoms with Gasteiger partial charge in [-0.1, -0.05) is 0 Å². The van der Waals surface area contributed by atoms with E-state index in [-0.39, 0.29) is 0 Å². The van der Waals surface area contributed by atoms with Crippen LogP contribution in [0.4, 0.5) is 0 Å². The molecule has 1 atom stereocenters. The monoisotopic (exact) mass is 321 g/mol. The number of methoxy groups -OCH3 is 1. The fourth-order valence-electron chi connectivity index (χ4n) is 1.44. The first kappa shape index (κ1) is 15.1. The molecule has 0 aliphatic heterocycles. The number of thiophene rings is 1. The van der Waals surface area contributed by atoms with E-state index in [1.807, 2.05) is 0 Å². The van der Waals surface area contributed by atoms with Crippen LogP contribution in [0.1, 0.15) is 24.3 Å². The minimum Gasteiger partial charge on any atom is -0.382 e. The Bertz CT molecular complexity index is 306. The first-order valence-electron chi connectivity index (χ1n) is 5.78. The molecule has 98 valence electrons. The lowest BCUT2D eigenvalue weighted by Gasteiger charge is -2.12. The summed E-state index contributed by atoms with van der Waals surface area (Å²) < 4.78 is 11.5. The van der Waals surface area contributed by atoms with Gasteiger partial charge in [0.2, 0.25) is 0 Å². The Labute approximate surface area is 116 Å². The molecular weight excluding hydrogens is 302 g/mol. The Morgan fingerprint density at radius 2 is 2.24 bits per heavy atom. The van der Waals surface area contributed by atoms with Gasteiger partial charge in [0.1, 0.15) is 0 Å². The molecule has 0 saturated carbocycles. The van der Waals surface area contributed by atoms with Crippen LogP contribution < -0.4 is 5.32 Å². The highest BCUT2D eigenvalue weighted by Crippen LogP contribution is 2.28. The number of ether oxygens (including phenoxy) is 2. The van der Waals surface area contributed by atoms with Crippen LogP contribution in [0.3, 0.4) is 0 Å². The number of hydrogen-bond donors (Lipinski definition) is 1. The van der Waals surface area contributed by atoms with E-state index < -0.39 is 0 Å². The highest BCUT2D eigenvalue weighted by Gasteiger charge is 2.09. The van der Waals surface area contributed by atoms with Crippen molar-refractivity contribution in [1.82, 2.24) is 5.32 Å². The Hall–Kier alpha value is 0.0600. The van der Waals surface area contributed by atoms with Gasteiger partial charge in [0.05, 0.1) is 13.2 Å². The second kappa shape index (κ2) is 9.05. The molecule has 1 N–H and O–H groups in total.